The molecule has 1 aromatic carbocycles. The maximum absolute atomic E-state index is 13.3. The number of anilines is 3. The first-order chi connectivity index (χ1) is 21.0. The van der Waals surface area contributed by atoms with Crippen LogP contribution in [0.1, 0.15) is 37.1 Å². The van der Waals surface area contributed by atoms with E-state index in [-0.39, 0.29) is 34.9 Å². The van der Waals surface area contributed by atoms with E-state index in [1.807, 2.05) is 16.3 Å². The summed E-state index contributed by atoms with van der Waals surface area (Å²) in [6.45, 7) is 0.729. The average Bonchev–Trinajstić information content (AvgIpc) is 3.42. The quantitative estimate of drug-likeness (QED) is 0.367. The third-order valence-corrected chi connectivity index (χ3v) is 8.73. The van der Waals surface area contributed by atoms with Crippen molar-refractivity contribution >= 4 is 46.3 Å². The summed E-state index contributed by atoms with van der Waals surface area (Å²) in [5.74, 6) is 0.164. The van der Waals surface area contributed by atoms with Crippen molar-refractivity contribution in [3.05, 3.63) is 41.0 Å². The highest BCUT2D eigenvalue weighted by atomic mass is 32.1. The predicted molar refractivity (Wildman–Crippen MR) is 155 cm³/mol. The molecular weight excluding hydrogens is 544 g/mol. The number of likely N-dealkylation sites (tertiary alicyclic amines) is 2. The van der Waals surface area contributed by atoms with Crippen LogP contribution in [0.5, 0.6) is 5.75 Å². The van der Waals surface area contributed by atoms with Gasteiger partial charge in [-0.3, -0.25) is 14.4 Å². The monoisotopic (exact) mass is 579 g/mol. The van der Waals surface area contributed by atoms with E-state index in [4.69, 9.17) is 8.85 Å². The first-order valence-corrected chi connectivity index (χ1v) is 14.2. The van der Waals surface area contributed by atoms with E-state index in [2.05, 4.69) is 37.8 Å². The topological polar surface area (TPSA) is 142 Å². The van der Waals surface area contributed by atoms with Crippen molar-refractivity contribution < 1.29 is 23.2 Å². The molecule has 13 heteroatoms. The minimum atomic E-state index is -2.75. The second kappa shape index (κ2) is 11.1. The van der Waals surface area contributed by atoms with E-state index in [9.17, 15) is 14.4 Å². The Morgan fingerprint density at radius 3 is 2.59 bits per heavy atom. The lowest BCUT2D eigenvalue weighted by Crippen LogP contribution is -2.31. The van der Waals surface area contributed by atoms with Crippen molar-refractivity contribution in [1.82, 2.24) is 30.3 Å². The number of ether oxygens (including phenoxy) is 1. The molecule has 214 valence electrons. The van der Waals surface area contributed by atoms with Gasteiger partial charge < -0.3 is 30.5 Å². The maximum atomic E-state index is 13.3. The molecule has 1 saturated carbocycles. The molecule has 3 aliphatic rings. The first-order valence-electron chi connectivity index (χ1n) is 14.9. The van der Waals surface area contributed by atoms with Gasteiger partial charge in [-0.25, -0.2) is 4.98 Å². The van der Waals surface area contributed by atoms with Crippen molar-refractivity contribution in [3.63, 3.8) is 0 Å². The Labute approximate surface area is 245 Å². The Kier molecular flexibility index (Phi) is 6.36. The largest absolute Gasteiger partial charge is 0.494 e. The van der Waals surface area contributed by atoms with Crippen molar-refractivity contribution in [3.8, 4) is 16.3 Å². The van der Waals surface area contributed by atoms with Gasteiger partial charge >= 0.3 is 0 Å². The summed E-state index contributed by atoms with van der Waals surface area (Å²) in [6, 6.07) is 6.68. The van der Waals surface area contributed by atoms with Crippen LogP contribution in [0.3, 0.4) is 0 Å². The first kappa shape index (κ1) is 23.6. The zero-order chi connectivity index (χ0) is 31.2. The van der Waals surface area contributed by atoms with Crippen LogP contribution in [-0.2, 0) is 4.79 Å². The molecule has 0 spiro atoms. The summed E-state index contributed by atoms with van der Waals surface area (Å²) in [5.41, 5.74) is 0.837. The number of thiazole rings is 1. The molecule has 41 heavy (non-hydrogen) atoms. The van der Waals surface area contributed by atoms with Gasteiger partial charge in [0.1, 0.15) is 9.88 Å². The van der Waals surface area contributed by atoms with Gasteiger partial charge in [-0.1, -0.05) is 6.07 Å². The summed E-state index contributed by atoms with van der Waals surface area (Å²) < 4.78 is 28.0. The van der Waals surface area contributed by atoms with Crippen LogP contribution in [0, 0.1) is 17.8 Å². The molecule has 3 amide bonds. The second-order valence-corrected chi connectivity index (χ2v) is 11.7. The highest BCUT2D eigenvalue weighted by Crippen LogP contribution is 2.41. The smallest absolute Gasteiger partial charge is 0.273 e. The molecule has 3 N–H and O–H groups in total. The van der Waals surface area contributed by atoms with Crippen molar-refractivity contribution in [1.29, 1.82) is 0 Å². The fourth-order valence-electron chi connectivity index (χ4n) is 5.56. The van der Waals surface area contributed by atoms with Crippen LogP contribution in [0.4, 0.5) is 17.2 Å². The highest BCUT2D eigenvalue weighted by molar-refractivity contribution is 7.17. The van der Waals surface area contributed by atoms with Crippen molar-refractivity contribution in [2.45, 2.75) is 12.8 Å². The number of nitrogens with one attached hydrogen (secondary N) is 3. The Hall–Kier alpha value is -4.10. The van der Waals surface area contributed by atoms with Gasteiger partial charge in [0.15, 0.2) is 17.3 Å². The van der Waals surface area contributed by atoms with Crippen LogP contribution in [0.15, 0.2) is 30.5 Å². The van der Waals surface area contributed by atoms with Crippen molar-refractivity contribution in [2.24, 2.45) is 17.8 Å². The molecule has 1 aliphatic carbocycles. The average molecular weight is 580 g/mol. The zero-order valence-corrected chi connectivity index (χ0v) is 23.5. The summed E-state index contributed by atoms with van der Waals surface area (Å²) >= 11 is 1.27. The number of hydrogen-bond donors (Lipinski definition) is 3. The van der Waals surface area contributed by atoms with E-state index < -0.39 is 12.9 Å². The number of carbonyl (C=O) groups excluding carboxylic acids is 3. The number of para-hydroxylation sites is 1. The Balaban J connectivity index is 1.27. The molecule has 2 aromatic heterocycles. The minimum absolute atomic E-state index is 0.0346. The number of hydrogen-bond acceptors (Lipinski definition) is 10. The lowest BCUT2D eigenvalue weighted by atomic mass is 10.0. The van der Waals surface area contributed by atoms with Crippen LogP contribution < -0.4 is 20.7 Å². The fourth-order valence-corrected chi connectivity index (χ4v) is 6.47. The summed E-state index contributed by atoms with van der Waals surface area (Å²) in [5, 5.41) is 16.1. The summed E-state index contributed by atoms with van der Waals surface area (Å²) in [7, 11) is 3.60. The molecule has 3 aromatic rings. The van der Waals surface area contributed by atoms with E-state index in [0.29, 0.717) is 38.7 Å². The lowest BCUT2D eigenvalue weighted by Gasteiger charge is -2.18. The number of amides is 3. The molecule has 12 nitrogen and oxygen atoms in total. The SMILES string of the molecule is [2H]C([2H])([2H])NC(=O)c1nnc(NC(=O)C2CC2)cc1Nc1cccc(-c2ncc(C(=O)N3CC4CN(C)CC4C3)s2)c1OC. The van der Waals surface area contributed by atoms with E-state index >= 15 is 0 Å². The number of nitrogens with zero attached hydrogens (tertiary/aromatic N) is 5. The lowest BCUT2D eigenvalue weighted by molar-refractivity contribution is -0.117. The fraction of sp³-hybridized carbons (Fsp3) is 0.429. The van der Waals surface area contributed by atoms with E-state index in [1.165, 1.54) is 24.5 Å². The number of benzene rings is 1. The Morgan fingerprint density at radius 2 is 1.88 bits per heavy atom. The van der Waals surface area contributed by atoms with Gasteiger partial charge in [0.05, 0.1) is 30.2 Å². The van der Waals surface area contributed by atoms with Crippen molar-refractivity contribution in [2.75, 3.05) is 57.9 Å². The summed E-state index contributed by atoms with van der Waals surface area (Å²) in [4.78, 5) is 47.8. The third kappa shape index (κ3) is 5.46. The molecule has 4 heterocycles. The predicted octanol–water partition coefficient (Wildman–Crippen LogP) is 2.69. The number of fused-ring (bicyclic) bond motifs is 1. The molecule has 2 unspecified atom stereocenters. The number of methoxy groups -OCH3 is 1. The van der Waals surface area contributed by atoms with E-state index in [0.717, 1.165) is 39.0 Å². The molecule has 2 aliphatic heterocycles. The summed E-state index contributed by atoms with van der Waals surface area (Å²) in [6.07, 6.45) is 3.16. The third-order valence-electron chi connectivity index (χ3n) is 7.71. The van der Waals surface area contributed by atoms with Gasteiger partial charge in [-0.05, 0) is 43.9 Å². The van der Waals surface area contributed by atoms with Gasteiger partial charge in [0.25, 0.3) is 11.8 Å². The molecule has 0 radical (unpaired) electrons. The minimum Gasteiger partial charge on any atom is -0.494 e. The molecule has 2 atom stereocenters. The number of carbonyl (C=O) groups is 3. The normalized spacial score (nSPS) is 21.4. The van der Waals surface area contributed by atoms with Crippen LogP contribution in [0.2, 0.25) is 0 Å². The van der Waals surface area contributed by atoms with Gasteiger partial charge in [-0.2, -0.15) is 0 Å². The molecular formula is C28H32N8O4S. The molecule has 6 rings (SSSR count). The zero-order valence-electron chi connectivity index (χ0n) is 25.6. The molecule has 2 saturated heterocycles. The van der Waals surface area contributed by atoms with Crippen LogP contribution in [0.25, 0.3) is 10.6 Å². The highest BCUT2D eigenvalue weighted by Gasteiger charge is 2.41. The van der Waals surface area contributed by atoms with Crippen LogP contribution in [-0.4, -0.2) is 90.0 Å². The van der Waals surface area contributed by atoms with E-state index in [1.54, 1.807) is 18.3 Å². The Morgan fingerprint density at radius 1 is 1.10 bits per heavy atom. The standard InChI is InChI=1S/C28H32N8O4S/c1-29-26(38)23-20(9-22(33-34-23)32-25(37)15-7-8-15)31-19-6-4-5-18(24(19)40-3)27-30-10-21(41-27)28(39)36-13-16-11-35(2)12-17(16)14-36/h4-6,9-10,15-17H,7-8,11-14H2,1-3H3,(H,29,38)(H2,31,32,33,37)/i1D3. The molecule has 0 bridgehead atoms. The van der Waals surface area contributed by atoms with Gasteiger partial charge in [0, 0.05) is 49.3 Å². The van der Waals surface area contributed by atoms with Gasteiger partial charge in [0.2, 0.25) is 5.91 Å². The number of rotatable bonds is 8. The maximum Gasteiger partial charge on any atom is 0.273 e. The molecule has 3 fully saturated rings. The number of aromatic nitrogens is 3. The Bertz CT molecular complexity index is 1600. The van der Waals surface area contributed by atoms with Gasteiger partial charge in [-0.15, -0.1) is 21.5 Å². The second-order valence-electron chi connectivity index (χ2n) is 10.7. The van der Waals surface area contributed by atoms with Crippen LogP contribution >= 0.6 is 11.3 Å².